The minimum absolute atomic E-state index is 0.0120. The van der Waals surface area contributed by atoms with Crippen molar-refractivity contribution in [1.29, 1.82) is 0 Å². The lowest BCUT2D eigenvalue weighted by molar-refractivity contribution is -0.116. The fourth-order valence-electron chi connectivity index (χ4n) is 4.37. The molecule has 0 saturated heterocycles. The summed E-state index contributed by atoms with van der Waals surface area (Å²) in [4.78, 5) is 33.6. The molecule has 0 bridgehead atoms. The minimum atomic E-state index is -0.0120. The number of nitrogens with zero attached hydrogens (tertiary/aromatic N) is 5. The number of imidazole rings is 1. The Balaban J connectivity index is 1.37. The Hall–Kier alpha value is -4.92. The maximum Gasteiger partial charge on any atom is 0.224 e. The number of nitrogens with one attached hydrogen (secondary N) is 3. The van der Waals surface area contributed by atoms with Crippen LogP contribution in [-0.2, 0) is 4.79 Å². The Morgan fingerprint density at radius 3 is 2.73 bits per heavy atom. The van der Waals surface area contributed by atoms with Crippen LogP contribution in [0.5, 0.6) is 0 Å². The minimum Gasteiger partial charge on any atom is -0.337 e. The standard InChI is InChI=1S/C28H24N8O/c1-2-3-9-24(37)32-20-11-18(14-30-16-20)19-12-22-26(35-36-27(22)31-15-19)28-33-23-8-4-7-21(25(23)34-28)17-6-5-10-29-13-17/h4-8,10-16H,2-3,9H2,1H3,(H,32,37)(H,33,34)(H,31,35,36). The molecule has 9 heteroatoms. The number of anilines is 1. The number of carbonyl (C=O) groups excluding carboxylic acids is 1. The third kappa shape index (κ3) is 4.42. The molecule has 6 rings (SSSR count). The second kappa shape index (κ2) is 9.62. The van der Waals surface area contributed by atoms with Gasteiger partial charge in [-0.1, -0.05) is 31.5 Å². The normalized spacial score (nSPS) is 11.3. The number of hydrogen-bond acceptors (Lipinski definition) is 6. The van der Waals surface area contributed by atoms with Gasteiger partial charge in [-0.05, 0) is 30.7 Å². The number of amides is 1. The summed E-state index contributed by atoms with van der Waals surface area (Å²) in [5, 5.41) is 11.3. The highest BCUT2D eigenvalue weighted by molar-refractivity contribution is 5.97. The molecular formula is C28H24N8O. The molecule has 1 aromatic carbocycles. The van der Waals surface area contributed by atoms with E-state index in [2.05, 4.69) is 42.4 Å². The van der Waals surface area contributed by atoms with E-state index in [1.807, 2.05) is 48.7 Å². The summed E-state index contributed by atoms with van der Waals surface area (Å²) in [6.45, 7) is 2.06. The van der Waals surface area contributed by atoms with Gasteiger partial charge in [-0.3, -0.25) is 19.9 Å². The molecule has 0 atom stereocenters. The van der Waals surface area contributed by atoms with Gasteiger partial charge in [0.15, 0.2) is 11.5 Å². The third-order valence-electron chi connectivity index (χ3n) is 6.24. The van der Waals surface area contributed by atoms with Gasteiger partial charge in [-0.25, -0.2) is 9.97 Å². The second-order valence-corrected chi connectivity index (χ2v) is 8.84. The van der Waals surface area contributed by atoms with Crippen molar-refractivity contribution in [3.8, 4) is 33.8 Å². The summed E-state index contributed by atoms with van der Waals surface area (Å²) in [6.07, 6.45) is 11.1. The molecular weight excluding hydrogens is 464 g/mol. The summed E-state index contributed by atoms with van der Waals surface area (Å²) >= 11 is 0. The lowest BCUT2D eigenvalue weighted by Gasteiger charge is -2.07. The van der Waals surface area contributed by atoms with E-state index in [0.717, 1.165) is 51.5 Å². The highest BCUT2D eigenvalue weighted by Crippen LogP contribution is 2.32. The van der Waals surface area contributed by atoms with E-state index in [9.17, 15) is 4.79 Å². The van der Waals surface area contributed by atoms with Crippen molar-refractivity contribution in [2.45, 2.75) is 26.2 Å². The third-order valence-corrected chi connectivity index (χ3v) is 6.24. The number of fused-ring (bicyclic) bond motifs is 2. The number of benzene rings is 1. The fourth-order valence-corrected chi connectivity index (χ4v) is 4.37. The van der Waals surface area contributed by atoms with Crippen molar-refractivity contribution < 1.29 is 4.79 Å². The van der Waals surface area contributed by atoms with E-state index in [-0.39, 0.29) is 5.91 Å². The number of aromatic nitrogens is 7. The zero-order valence-corrected chi connectivity index (χ0v) is 20.2. The molecule has 0 aliphatic rings. The van der Waals surface area contributed by atoms with Crippen LogP contribution >= 0.6 is 0 Å². The van der Waals surface area contributed by atoms with Gasteiger partial charge < -0.3 is 10.3 Å². The van der Waals surface area contributed by atoms with Crippen LogP contribution in [0.3, 0.4) is 0 Å². The van der Waals surface area contributed by atoms with Gasteiger partial charge in [0, 0.05) is 53.5 Å². The Kier molecular flexibility index (Phi) is 5.86. The number of pyridine rings is 3. The van der Waals surface area contributed by atoms with E-state index in [1.165, 1.54) is 0 Å². The molecule has 0 aliphatic heterocycles. The Bertz CT molecular complexity index is 1720. The van der Waals surface area contributed by atoms with Gasteiger partial charge in [0.2, 0.25) is 5.91 Å². The molecule has 5 heterocycles. The molecule has 0 radical (unpaired) electrons. The van der Waals surface area contributed by atoms with Gasteiger partial charge in [-0.15, -0.1) is 0 Å². The van der Waals surface area contributed by atoms with Gasteiger partial charge in [0.25, 0.3) is 0 Å². The molecule has 1 amide bonds. The SMILES string of the molecule is CCCCC(=O)Nc1cncc(-c2cnc3[nH]nc(-c4nc5c(-c6cccnc6)cccc5[nH]4)c3c2)c1. The van der Waals surface area contributed by atoms with Crippen LogP contribution in [0.4, 0.5) is 5.69 Å². The van der Waals surface area contributed by atoms with E-state index >= 15 is 0 Å². The predicted molar refractivity (Wildman–Crippen MR) is 144 cm³/mol. The number of aromatic amines is 2. The summed E-state index contributed by atoms with van der Waals surface area (Å²) in [7, 11) is 0. The molecule has 182 valence electrons. The summed E-state index contributed by atoms with van der Waals surface area (Å²) in [5.74, 6) is 0.633. The van der Waals surface area contributed by atoms with E-state index in [0.29, 0.717) is 29.3 Å². The average Bonchev–Trinajstić information content (AvgIpc) is 3.56. The molecule has 6 aromatic rings. The molecule has 0 fully saturated rings. The predicted octanol–water partition coefficient (Wildman–Crippen LogP) is 5.75. The number of rotatable bonds is 7. The van der Waals surface area contributed by atoms with E-state index in [1.54, 1.807) is 24.8 Å². The van der Waals surface area contributed by atoms with E-state index in [4.69, 9.17) is 4.98 Å². The average molecular weight is 489 g/mol. The van der Waals surface area contributed by atoms with Crippen molar-refractivity contribution in [2.24, 2.45) is 0 Å². The first-order valence-corrected chi connectivity index (χ1v) is 12.2. The Labute approximate surface area is 212 Å². The molecule has 37 heavy (non-hydrogen) atoms. The molecule has 0 saturated carbocycles. The summed E-state index contributed by atoms with van der Waals surface area (Å²) in [5.41, 5.74) is 7.45. The zero-order valence-electron chi connectivity index (χ0n) is 20.2. The van der Waals surface area contributed by atoms with Crippen molar-refractivity contribution in [3.05, 3.63) is 73.4 Å². The van der Waals surface area contributed by atoms with Gasteiger partial charge in [0.1, 0.15) is 5.69 Å². The topological polar surface area (TPSA) is 125 Å². The molecule has 9 nitrogen and oxygen atoms in total. The monoisotopic (exact) mass is 488 g/mol. The van der Waals surface area contributed by atoms with Gasteiger partial charge in [0.05, 0.1) is 28.3 Å². The first-order chi connectivity index (χ1) is 18.2. The zero-order chi connectivity index (χ0) is 25.2. The molecule has 3 N–H and O–H groups in total. The molecule has 0 spiro atoms. The van der Waals surface area contributed by atoms with Crippen LogP contribution in [0.1, 0.15) is 26.2 Å². The number of hydrogen-bond donors (Lipinski definition) is 3. The number of para-hydroxylation sites is 1. The quantitative estimate of drug-likeness (QED) is 0.263. The van der Waals surface area contributed by atoms with Gasteiger partial charge >= 0.3 is 0 Å². The Morgan fingerprint density at radius 1 is 0.973 bits per heavy atom. The van der Waals surface area contributed by atoms with Crippen LogP contribution in [0, 0.1) is 0 Å². The van der Waals surface area contributed by atoms with Gasteiger partial charge in [-0.2, -0.15) is 5.10 Å². The molecule has 0 unspecified atom stereocenters. The number of carbonyl (C=O) groups is 1. The number of H-pyrrole nitrogens is 2. The second-order valence-electron chi connectivity index (χ2n) is 8.84. The first kappa shape index (κ1) is 22.5. The highest BCUT2D eigenvalue weighted by atomic mass is 16.1. The lowest BCUT2D eigenvalue weighted by atomic mass is 10.1. The summed E-state index contributed by atoms with van der Waals surface area (Å²) < 4.78 is 0. The van der Waals surface area contributed by atoms with Crippen LogP contribution in [0.2, 0.25) is 0 Å². The van der Waals surface area contributed by atoms with Crippen molar-refractivity contribution in [2.75, 3.05) is 5.32 Å². The lowest BCUT2D eigenvalue weighted by Crippen LogP contribution is -2.11. The fraction of sp³-hybridized carbons (Fsp3) is 0.143. The number of unbranched alkanes of at least 4 members (excludes halogenated alkanes) is 1. The first-order valence-electron chi connectivity index (χ1n) is 12.2. The Morgan fingerprint density at radius 2 is 1.86 bits per heavy atom. The van der Waals surface area contributed by atoms with Crippen molar-refractivity contribution in [1.82, 2.24) is 35.1 Å². The largest absolute Gasteiger partial charge is 0.337 e. The molecule has 5 aromatic heterocycles. The van der Waals surface area contributed by atoms with Crippen LogP contribution in [0.25, 0.3) is 55.8 Å². The van der Waals surface area contributed by atoms with Crippen molar-refractivity contribution >= 4 is 33.7 Å². The highest BCUT2D eigenvalue weighted by Gasteiger charge is 2.16. The van der Waals surface area contributed by atoms with E-state index < -0.39 is 0 Å². The van der Waals surface area contributed by atoms with Crippen LogP contribution in [0.15, 0.2) is 73.4 Å². The molecule has 0 aliphatic carbocycles. The van der Waals surface area contributed by atoms with Crippen molar-refractivity contribution in [3.63, 3.8) is 0 Å². The smallest absolute Gasteiger partial charge is 0.224 e. The maximum atomic E-state index is 12.2. The van der Waals surface area contributed by atoms with Crippen LogP contribution in [-0.4, -0.2) is 41.0 Å². The maximum absolute atomic E-state index is 12.2. The van der Waals surface area contributed by atoms with Crippen LogP contribution < -0.4 is 5.32 Å². The summed E-state index contributed by atoms with van der Waals surface area (Å²) in [6, 6.07) is 13.9.